The summed E-state index contributed by atoms with van der Waals surface area (Å²) in [5.74, 6) is 0.669. The molecule has 0 aromatic heterocycles. The largest absolute Gasteiger partial charge is 0.493 e. The van der Waals surface area contributed by atoms with Gasteiger partial charge in [0, 0.05) is 11.1 Å². The summed E-state index contributed by atoms with van der Waals surface area (Å²) in [6, 6.07) is 3.59. The number of hydrogen-bond acceptors (Lipinski definition) is 3. The molecule has 1 aliphatic rings. The molecule has 0 bridgehead atoms. The second-order valence-electron chi connectivity index (χ2n) is 4.78. The second kappa shape index (κ2) is 5.70. The molecule has 1 aromatic carbocycles. The number of carboxylic acids is 1. The maximum Gasteiger partial charge on any atom is 0.306 e. The third kappa shape index (κ3) is 3.13. The Kier molecular flexibility index (Phi) is 4.20. The molecular formula is C14H17ClO4. The molecule has 5 heteroatoms. The molecule has 0 saturated heterocycles. The highest BCUT2D eigenvalue weighted by molar-refractivity contribution is 6.31. The zero-order valence-electron chi connectivity index (χ0n) is 11.0. The van der Waals surface area contributed by atoms with Crippen LogP contribution in [0, 0.1) is 11.8 Å². The predicted octanol–water partition coefficient (Wildman–Crippen LogP) is 3.01. The van der Waals surface area contributed by atoms with Crippen LogP contribution >= 0.6 is 11.6 Å². The monoisotopic (exact) mass is 284 g/mol. The van der Waals surface area contributed by atoms with Gasteiger partial charge in [-0.05, 0) is 36.8 Å². The molecule has 19 heavy (non-hydrogen) atoms. The quantitative estimate of drug-likeness (QED) is 0.872. The molecule has 0 aliphatic heterocycles. The Morgan fingerprint density at radius 1 is 1.37 bits per heavy atom. The van der Waals surface area contributed by atoms with Gasteiger partial charge in [0.25, 0.3) is 0 Å². The Bertz CT molecular complexity index is 487. The second-order valence-corrected chi connectivity index (χ2v) is 5.18. The molecule has 2 atom stereocenters. The fourth-order valence-corrected chi connectivity index (χ4v) is 2.55. The zero-order valence-corrected chi connectivity index (χ0v) is 11.7. The van der Waals surface area contributed by atoms with Crippen molar-refractivity contribution in [3.05, 3.63) is 22.7 Å². The van der Waals surface area contributed by atoms with Crippen molar-refractivity contribution >= 4 is 17.6 Å². The third-order valence-corrected chi connectivity index (χ3v) is 3.93. The summed E-state index contributed by atoms with van der Waals surface area (Å²) in [5, 5.41) is 9.49. The number of methoxy groups -OCH3 is 2. The third-order valence-electron chi connectivity index (χ3n) is 3.58. The molecular weight excluding hydrogens is 268 g/mol. The number of carboxylic acid groups (broad SMARTS) is 1. The number of hydrogen-bond donors (Lipinski definition) is 1. The standard InChI is InChI=1S/C14H17ClO4/c1-18-12-6-9(11(15)7-13(12)19-2)4-3-8-5-10(8)14(16)17/h6-8,10H,3-5H2,1-2H3,(H,16,17). The summed E-state index contributed by atoms with van der Waals surface area (Å²) in [4.78, 5) is 10.8. The van der Waals surface area contributed by atoms with Crippen molar-refractivity contribution in [2.24, 2.45) is 11.8 Å². The summed E-state index contributed by atoms with van der Waals surface area (Å²) < 4.78 is 10.4. The van der Waals surface area contributed by atoms with E-state index in [2.05, 4.69) is 0 Å². The first-order chi connectivity index (χ1) is 9.06. The summed E-state index contributed by atoms with van der Waals surface area (Å²) in [6.45, 7) is 0. The van der Waals surface area contributed by atoms with Crippen molar-refractivity contribution in [3.8, 4) is 11.5 Å². The number of rotatable bonds is 6. The molecule has 0 radical (unpaired) electrons. The van der Waals surface area contributed by atoms with Gasteiger partial charge in [0.15, 0.2) is 11.5 Å². The van der Waals surface area contributed by atoms with Crippen LogP contribution in [0.15, 0.2) is 12.1 Å². The first-order valence-electron chi connectivity index (χ1n) is 6.20. The van der Waals surface area contributed by atoms with Crippen LogP contribution < -0.4 is 9.47 Å². The van der Waals surface area contributed by atoms with Crippen LogP contribution in [0.2, 0.25) is 5.02 Å². The number of carbonyl (C=O) groups is 1. The fourth-order valence-electron chi connectivity index (χ4n) is 2.30. The fraction of sp³-hybridized carbons (Fsp3) is 0.500. The van der Waals surface area contributed by atoms with Gasteiger partial charge < -0.3 is 14.6 Å². The zero-order chi connectivity index (χ0) is 14.0. The van der Waals surface area contributed by atoms with Crippen LogP contribution in [0.3, 0.4) is 0 Å². The van der Waals surface area contributed by atoms with Crippen LogP contribution in [0.25, 0.3) is 0 Å². The van der Waals surface area contributed by atoms with E-state index in [1.54, 1.807) is 20.3 Å². The molecule has 1 aliphatic carbocycles. The Balaban J connectivity index is 2.02. The lowest BCUT2D eigenvalue weighted by Crippen LogP contribution is -2.00. The van der Waals surface area contributed by atoms with Gasteiger partial charge in [-0.15, -0.1) is 0 Å². The van der Waals surface area contributed by atoms with Crippen molar-refractivity contribution in [3.63, 3.8) is 0 Å². The smallest absolute Gasteiger partial charge is 0.306 e. The number of benzene rings is 1. The summed E-state index contributed by atoms with van der Waals surface area (Å²) >= 11 is 6.19. The average molecular weight is 285 g/mol. The van der Waals surface area contributed by atoms with Crippen LogP contribution in [-0.4, -0.2) is 25.3 Å². The molecule has 104 valence electrons. The summed E-state index contributed by atoms with van der Waals surface area (Å²) in [6.07, 6.45) is 2.38. The van der Waals surface area contributed by atoms with Crippen LogP contribution in [0.4, 0.5) is 0 Å². The highest BCUT2D eigenvalue weighted by Crippen LogP contribution is 2.43. The molecule has 1 N–H and O–H groups in total. The van der Waals surface area contributed by atoms with Crippen LogP contribution in [0.1, 0.15) is 18.4 Å². The van der Waals surface area contributed by atoms with Gasteiger partial charge in [-0.2, -0.15) is 0 Å². The maximum absolute atomic E-state index is 10.8. The van der Waals surface area contributed by atoms with Crippen molar-refractivity contribution in [2.75, 3.05) is 14.2 Å². The highest BCUT2D eigenvalue weighted by atomic mass is 35.5. The molecule has 0 amide bonds. The number of ether oxygens (including phenoxy) is 2. The normalized spacial score (nSPS) is 21.0. The Morgan fingerprint density at radius 3 is 2.53 bits per heavy atom. The molecule has 1 aromatic rings. The topological polar surface area (TPSA) is 55.8 Å². The van der Waals surface area contributed by atoms with E-state index in [1.165, 1.54) is 0 Å². The highest BCUT2D eigenvalue weighted by Gasteiger charge is 2.42. The molecule has 1 saturated carbocycles. The first-order valence-corrected chi connectivity index (χ1v) is 6.57. The molecule has 0 spiro atoms. The number of aliphatic carboxylic acids is 1. The van der Waals surface area contributed by atoms with Crippen molar-refractivity contribution in [1.82, 2.24) is 0 Å². The molecule has 4 nitrogen and oxygen atoms in total. The van der Waals surface area contributed by atoms with Crippen LogP contribution in [-0.2, 0) is 11.2 Å². The van der Waals surface area contributed by atoms with E-state index in [1.807, 2.05) is 6.07 Å². The Labute approximate surface area is 117 Å². The van der Waals surface area contributed by atoms with Crippen LogP contribution in [0.5, 0.6) is 11.5 Å². The lowest BCUT2D eigenvalue weighted by atomic mass is 10.1. The summed E-state index contributed by atoms with van der Waals surface area (Å²) in [7, 11) is 3.15. The Hall–Kier alpha value is -1.42. The van der Waals surface area contributed by atoms with E-state index in [0.717, 1.165) is 24.8 Å². The van der Waals surface area contributed by atoms with E-state index >= 15 is 0 Å². The van der Waals surface area contributed by atoms with Crippen molar-refractivity contribution in [2.45, 2.75) is 19.3 Å². The summed E-state index contributed by atoms with van der Waals surface area (Å²) in [5.41, 5.74) is 0.968. The minimum atomic E-state index is -0.691. The van der Waals surface area contributed by atoms with Gasteiger partial charge in [0.1, 0.15) is 0 Å². The minimum Gasteiger partial charge on any atom is -0.493 e. The maximum atomic E-state index is 10.8. The Morgan fingerprint density at radius 2 is 2.00 bits per heavy atom. The minimum absolute atomic E-state index is 0.168. The van der Waals surface area contributed by atoms with E-state index in [4.69, 9.17) is 26.2 Å². The molecule has 0 heterocycles. The van der Waals surface area contributed by atoms with Gasteiger partial charge in [0.05, 0.1) is 20.1 Å². The van der Waals surface area contributed by atoms with Gasteiger partial charge in [-0.1, -0.05) is 11.6 Å². The van der Waals surface area contributed by atoms with Crippen molar-refractivity contribution < 1.29 is 19.4 Å². The van der Waals surface area contributed by atoms with E-state index in [0.29, 0.717) is 16.5 Å². The van der Waals surface area contributed by atoms with Gasteiger partial charge in [0.2, 0.25) is 0 Å². The van der Waals surface area contributed by atoms with Gasteiger partial charge >= 0.3 is 5.97 Å². The molecule has 2 rings (SSSR count). The van der Waals surface area contributed by atoms with Gasteiger partial charge in [-0.25, -0.2) is 0 Å². The lowest BCUT2D eigenvalue weighted by molar-refractivity contribution is -0.138. The predicted molar refractivity (Wildman–Crippen MR) is 72.1 cm³/mol. The SMILES string of the molecule is COc1cc(Cl)c(CCC2CC2C(=O)O)cc1OC. The molecule has 1 fully saturated rings. The van der Waals surface area contributed by atoms with Crippen molar-refractivity contribution in [1.29, 1.82) is 0 Å². The number of aryl methyl sites for hydroxylation is 1. The van der Waals surface area contributed by atoms with E-state index in [9.17, 15) is 4.79 Å². The number of halogens is 1. The van der Waals surface area contributed by atoms with E-state index < -0.39 is 5.97 Å². The van der Waals surface area contributed by atoms with Gasteiger partial charge in [-0.3, -0.25) is 4.79 Å². The average Bonchev–Trinajstić information content (AvgIpc) is 3.16. The van der Waals surface area contributed by atoms with E-state index in [-0.39, 0.29) is 11.8 Å². The molecule has 2 unspecified atom stereocenters. The lowest BCUT2D eigenvalue weighted by Gasteiger charge is -2.11. The first kappa shape index (κ1) is 14.0.